The van der Waals surface area contributed by atoms with Crippen LogP contribution in [0.5, 0.6) is 11.5 Å². The van der Waals surface area contributed by atoms with E-state index in [1.807, 2.05) is 35.2 Å². The van der Waals surface area contributed by atoms with Gasteiger partial charge in [0, 0.05) is 29.1 Å². The minimum absolute atomic E-state index is 0.0457. The van der Waals surface area contributed by atoms with Gasteiger partial charge in [-0.15, -0.1) is 11.3 Å². The van der Waals surface area contributed by atoms with E-state index in [-0.39, 0.29) is 12.5 Å². The minimum Gasteiger partial charge on any atom is -0.485 e. The van der Waals surface area contributed by atoms with Crippen molar-refractivity contribution in [2.75, 3.05) is 18.1 Å². The number of rotatable bonds is 3. The molecule has 3 aliphatic rings. The number of anilines is 1. The Morgan fingerprint density at radius 3 is 2.86 bits per heavy atom. The number of para-hydroxylation sites is 2. The van der Waals surface area contributed by atoms with Gasteiger partial charge in [-0.25, -0.2) is 4.98 Å². The van der Waals surface area contributed by atoms with Crippen LogP contribution in [0.3, 0.4) is 0 Å². The van der Waals surface area contributed by atoms with E-state index >= 15 is 0 Å². The first kappa shape index (κ1) is 17.0. The van der Waals surface area contributed by atoms with Crippen molar-refractivity contribution in [3.8, 4) is 22.8 Å². The van der Waals surface area contributed by atoms with Gasteiger partial charge in [-0.2, -0.15) is 0 Å². The first-order valence-corrected chi connectivity index (χ1v) is 10.9. The molecule has 3 heterocycles. The highest BCUT2D eigenvalue weighted by molar-refractivity contribution is 7.10. The molecule has 6 rings (SSSR count). The number of hydrogen-bond acceptors (Lipinski definition) is 5. The Balaban J connectivity index is 1.23. The maximum Gasteiger partial charge on any atom is 0.271 e. The number of amides is 1. The summed E-state index contributed by atoms with van der Waals surface area (Å²) in [7, 11) is 0. The highest BCUT2D eigenvalue weighted by Crippen LogP contribution is 2.43. The molecule has 3 aromatic rings. The Hall–Kier alpha value is -2.86. The van der Waals surface area contributed by atoms with E-state index in [2.05, 4.69) is 17.5 Å². The Morgan fingerprint density at radius 1 is 1.14 bits per heavy atom. The highest BCUT2D eigenvalue weighted by Gasteiger charge is 2.35. The largest absolute Gasteiger partial charge is 0.485 e. The quantitative estimate of drug-likeness (QED) is 0.649. The van der Waals surface area contributed by atoms with Crippen LogP contribution >= 0.6 is 11.3 Å². The van der Waals surface area contributed by atoms with Crippen LogP contribution in [0.15, 0.2) is 47.8 Å². The maximum absolute atomic E-state index is 13.1. The summed E-state index contributed by atoms with van der Waals surface area (Å²) in [6.07, 6.45) is 2.77. The highest BCUT2D eigenvalue weighted by atomic mass is 32.1. The maximum atomic E-state index is 13.1. The number of aromatic nitrogens is 1. The minimum atomic E-state index is -0.616. The lowest BCUT2D eigenvalue weighted by atomic mass is 10.1. The van der Waals surface area contributed by atoms with Gasteiger partial charge in [0.25, 0.3) is 5.91 Å². The zero-order chi connectivity index (χ0) is 19.4. The van der Waals surface area contributed by atoms with Crippen LogP contribution in [-0.2, 0) is 11.2 Å². The summed E-state index contributed by atoms with van der Waals surface area (Å²) in [5.41, 5.74) is 4.34. The molecule has 0 unspecified atom stereocenters. The predicted molar refractivity (Wildman–Crippen MR) is 112 cm³/mol. The summed E-state index contributed by atoms with van der Waals surface area (Å²) in [6.45, 7) is 0.909. The van der Waals surface area contributed by atoms with E-state index in [0.29, 0.717) is 24.0 Å². The van der Waals surface area contributed by atoms with Crippen molar-refractivity contribution in [2.24, 2.45) is 0 Å². The number of thiazole rings is 1. The molecule has 1 amide bonds. The molecule has 6 heteroatoms. The van der Waals surface area contributed by atoms with Crippen molar-refractivity contribution >= 4 is 22.9 Å². The van der Waals surface area contributed by atoms with Crippen LogP contribution < -0.4 is 14.4 Å². The van der Waals surface area contributed by atoms with Crippen LogP contribution in [0.1, 0.15) is 29.3 Å². The van der Waals surface area contributed by atoms with Crippen LogP contribution in [0.2, 0.25) is 0 Å². The van der Waals surface area contributed by atoms with Crippen molar-refractivity contribution in [2.45, 2.75) is 31.3 Å². The Morgan fingerprint density at radius 2 is 2.00 bits per heavy atom. The molecule has 1 aromatic heterocycles. The van der Waals surface area contributed by atoms with Gasteiger partial charge in [-0.3, -0.25) is 4.79 Å². The van der Waals surface area contributed by atoms with E-state index < -0.39 is 6.10 Å². The molecule has 0 N–H and O–H groups in total. The SMILES string of the molecule is O=C([C@H]1COc2ccccc2O1)N1CCc2cc(-c3csc(C4CC4)n3)ccc21. The third-order valence-electron chi connectivity index (χ3n) is 5.77. The number of hydrogen-bond donors (Lipinski definition) is 0. The zero-order valence-electron chi connectivity index (χ0n) is 15.8. The van der Waals surface area contributed by atoms with Gasteiger partial charge >= 0.3 is 0 Å². The lowest BCUT2D eigenvalue weighted by Crippen LogP contribution is -2.46. The average Bonchev–Trinajstić information content (AvgIpc) is 3.34. The van der Waals surface area contributed by atoms with Crippen LogP contribution in [0.4, 0.5) is 5.69 Å². The number of nitrogens with zero attached hydrogens (tertiary/aromatic N) is 2. The number of carbonyl (C=O) groups is 1. The average molecular weight is 404 g/mol. The van der Waals surface area contributed by atoms with Gasteiger partial charge in [0.2, 0.25) is 6.10 Å². The molecule has 0 bridgehead atoms. The summed E-state index contributed by atoms with van der Waals surface area (Å²) >= 11 is 1.76. The van der Waals surface area contributed by atoms with Crippen LogP contribution in [-0.4, -0.2) is 30.1 Å². The fourth-order valence-electron chi connectivity index (χ4n) is 4.04. The molecule has 29 heavy (non-hydrogen) atoms. The number of fused-ring (bicyclic) bond motifs is 2. The van der Waals surface area contributed by atoms with Gasteiger partial charge in [0.1, 0.15) is 6.61 Å². The standard InChI is InChI=1S/C23H20N2O3S/c26-23(21-12-27-19-3-1-2-4-20(19)28-21)25-10-9-16-11-15(7-8-18(16)25)17-13-29-22(24-17)14-5-6-14/h1-4,7-8,11,13-14,21H,5-6,9-10,12H2/t21-/m1/s1. The molecule has 2 aromatic carbocycles. The predicted octanol–water partition coefficient (Wildman–Crippen LogP) is 4.42. The van der Waals surface area contributed by atoms with Crippen LogP contribution in [0, 0.1) is 0 Å². The molecule has 146 valence electrons. The Labute approximate surface area is 172 Å². The number of benzene rings is 2. The summed E-state index contributed by atoms with van der Waals surface area (Å²) in [6, 6.07) is 13.8. The molecule has 1 aliphatic carbocycles. The molecule has 1 atom stereocenters. The Bertz CT molecular complexity index is 1110. The van der Waals surface area contributed by atoms with Gasteiger partial charge in [0.15, 0.2) is 11.5 Å². The van der Waals surface area contributed by atoms with Crippen molar-refractivity contribution in [1.29, 1.82) is 0 Å². The van der Waals surface area contributed by atoms with E-state index in [0.717, 1.165) is 23.4 Å². The fraction of sp³-hybridized carbons (Fsp3) is 0.304. The molecule has 1 fully saturated rings. The van der Waals surface area contributed by atoms with Gasteiger partial charge in [-0.1, -0.05) is 18.2 Å². The molecule has 1 saturated carbocycles. The second-order valence-corrected chi connectivity index (χ2v) is 8.68. The van der Waals surface area contributed by atoms with E-state index in [1.54, 1.807) is 11.3 Å². The summed E-state index contributed by atoms with van der Waals surface area (Å²) in [5, 5.41) is 3.41. The topological polar surface area (TPSA) is 51.7 Å². The zero-order valence-corrected chi connectivity index (χ0v) is 16.7. The molecule has 2 aliphatic heterocycles. The van der Waals surface area contributed by atoms with Crippen molar-refractivity contribution < 1.29 is 14.3 Å². The summed E-state index contributed by atoms with van der Waals surface area (Å²) < 4.78 is 11.6. The normalized spacial score (nSPS) is 19.9. The molecular formula is C23H20N2O3S. The molecular weight excluding hydrogens is 384 g/mol. The Kier molecular flexibility index (Phi) is 3.87. The third kappa shape index (κ3) is 2.99. The lowest BCUT2D eigenvalue weighted by molar-refractivity contribution is -0.127. The third-order valence-corrected chi connectivity index (χ3v) is 6.78. The molecule has 0 radical (unpaired) electrons. The van der Waals surface area contributed by atoms with Crippen molar-refractivity contribution in [3.05, 3.63) is 58.4 Å². The number of ether oxygens (including phenoxy) is 2. The monoisotopic (exact) mass is 404 g/mol. The second-order valence-electron chi connectivity index (χ2n) is 7.79. The second kappa shape index (κ2) is 6.59. The van der Waals surface area contributed by atoms with Gasteiger partial charge < -0.3 is 14.4 Å². The first-order chi connectivity index (χ1) is 14.3. The van der Waals surface area contributed by atoms with Gasteiger partial charge in [-0.05, 0) is 49.1 Å². The van der Waals surface area contributed by atoms with E-state index in [9.17, 15) is 4.79 Å². The lowest BCUT2D eigenvalue weighted by Gasteiger charge is -2.29. The molecule has 0 saturated heterocycles. The summed E-state index contributed by atoms with van der Waals surface area (Å²) in [5.74, 6) is 1.95. The van der Waals surface area contributed by atoms with Crippen molar-refractivity contribution in [1.82, 2.24) is 4.98 Å². The van der Waals surface area contributed by atoms with Gasteiger partial charge in [0.05, 0.1) is 10.7 Å². The van der Waals surface area contributed by atoms with Crippen LogP contribution in [0.25, 0.3) is 11.3 Å². The van der Waals surface area contributed by atoms with E-state index in [1.165, 1.54) is 23.4 Å². The first-order valence-electron chi connectivity index (χ1n) is 10.0. The summed E-state index contributed by atoms with van der Waals surface area (Å²) in [4.78, 5) is 19.8. The van der Waals surface area contributed by atoms with Crippen molar-refractivity contribution in [3.63, 3.8) is 0 Å². The molecule has 5 nitrogen and oxygen atoms in total. The number of carbonyl (C=O) groups excluding carboxylic acids is 1. The van der Waals surface area contributed by atoms with E-state index in [4.69, 9.17) is 14.5 Å². The molecule has 0 spiro atoms. The smallest absolute Gasteiger partial charge is 0.271 e. The fourth-order valence-corrected chi connectivity index (χ4v) is 5.04.